The molecular weight excluding hydrogens is 284 g/mol. The van der Waals surface area contributed by atoms with Crippen LogP contribution in [0.2, 0.25) is 0 Å². The summed E-state index contributed by atoms with van der Waals surface area (Å²) >= 11 is 5.15. The van der Waals surface area contributed by atoms with E-state index in [1.807, 2.05) is 29.7 Å². The second-order valence-corrected chi connectivity index (χ2v) is 5.82. The lowest BCUT2D eigenvalue weighted by atomic mass is 10.2. The van der Waals surface area contributed by atoms with E-state index in [0.29, 0.717) is 6.04 Å². The summed E-state index contributed by atoms with van der Waals surface area (Å²) < 4.78 is 0.859. The molecule has 0 radical (unpaired) electrons. The normalized spacial score (nSPS) is 12.4. The Morgan fingerprint density at radius 2 is 2.12 bits per heavy atom. The van der Waals surface area contributed by atoms with E-state index < -0.39 is 0 Å². The van der Waals surface area contributed by atoms with Gasteiger partial charge in [-0.3, -0.25) is 0 Å². The summed E-state index contributed by atoms with van der Waals surface area (Å²) in [4.78, 5) is 6.88. The number of nitrogens with one attached hydrogen (secondary N) is 1. The molecule has 0 saturated heterocycles. The van der Waals surface area contributed by atoms with E-state index in [9.17, 15) is 0 Å². The molecule has 16 heavy (non-hydrogen) atoms. The number of aromatic nitrogens is 1. The van der Waals surface area contributed by atoms with Gasteiger partial charge in [-0.2, -0.15) is 0 Å². The highest BCUT2D eigenvalue weighted by molar-refractivity contribution is 9.10. The van der Waals surface area contributed by atoms with E-state index in [2.05, 4.69) is 52.2 Å². The molecule has 2 rings (SSSR count). The molecule has 0 aliphatic carbocycles. The van der Waals surface area contributed by atoms with Crippen LogP contribution in [-0.2, 0) is 0 Å². The lowest BCUT2D eigenvalue weighted by Gasteiger charge is -2.13. The zero-order valence-electron chi connectivity index (χ0n) is 9.20. The first-order chi connectivity index (χ1) is 7.65. The molecule has 1 unspecified atom stereocenters. The van der Waals surface area contributed by atoms with Crippen LogP contribution in [0.1, 0.15) is 22.7 Å². The highest BCUT2D eigenvalue weighted by Crippen LogP contribution is 2.25. The third-order valence-electron chi connectivity index (χ3n) is 2.30. The van der Waals surface area contributed by atoms with Gasteiger partial charge in [0, 0.05) is 9.75 Å². The van der Waals surface area contributed by atoms with Crippen molar-refractivity contribution >= 4 is 33.0 Å². The van der Waals surface area contributed by atoms with Gasteiger partial charge in [0.1, 0.15) is 4.60 Å². The molecule has 84 valence electrons. The van der Waals surface area contributed by atoms with Crippen LogP contribution >= 0.6 is 27.3 Å². The van der Waals surface area contributed by atoms with Gasteiger partial charge in [0.15, 0.2) is 0 Å². The Bertz CT molecular complexity index is 464. The Balaban J connectivity index is 2.07. The predicted octanol–water partition coefficient (Wildman–Crippen LogP) is 4.39. The van der Waals surface area contributed by atoms with E-state index in [-0.39, 0.29) is 0 Å². The predicted molar refractivity (Wildman–Crippen MR) is 73.0 cm³/mol. The van der Waals surface area contributed by atoms with Crippen molar-refractivity contribution < 1.29 is 0 Å². The standard InChI is InChI=1S/C12H13BrN2S/c1-8-3-5-11(16-8)9(2)15-10-4-6-12(13)14-7-10/h3-7,9,15H,1-2H3. The first-order valence-corrected chi connectivity index (χ1v) is 6.70. The topological polar surface area (TPSA) is 24.9 Å². The molecule has 0 aliphatic rings. The van der Waals surface area contributed by atoms with Crippen molar-refractivity contribution in [3.05, 3.63) is 44.8 Å². The molecule has 2 nitrogen and oxygen atoms in total. The number of pyridine rings is 1. The Labute approximate surface area is 108 Å². The Morgan fingerprint density at radius 1 is 1.31 bits per heavy atom. The van der Waals surface area contributed by atoms with Crippen molar-refractivity contribution in [2.24, 2.45) is 0 Å². The molecule has 0 spiro atoms. The molecule has 1 N–H and O–H groups in total. The molecular formula is C12H13BrN2S. The first-order valence-electron chi connectivity index (χ1n) is 5.09. The smallest absolute Gasteiger partial charge is 0.106 e. The van der Waals surface area contributed by atoms with Crippen LogP contribution in [-0.4, -0.2) is 4.98 Å². The van der Waals surface area contributed by atoms with Crippen molar-refractivity contribution in [1.82, 2.24) is 4.98 Å². The summed E-state index contributed by atoms with van der Waals surface area (Å²) in [6.45, 7) is 4.29. The average Bonchev–Trinajstić information content (AvgIpc) is 2.68. The fraction of sp³-hybridized carbons (Fsp3) is 0.250. The number of nitrogens with zero attached hydrogens (tertiary/aromatic N) is 1. The Kier molecular flexibility index (Phi) is 3.61. The maximum atomic E-state index is 4.19. The van der Waals surface area contributed by atoms with Crippen LogP contribution in [0.15, 0.2) is 35.1 Å². The number of hydrogen-bond donors (Lipinski definition) is 1. The highest BCUT2D eigenvalue weighted by atomic mass is 79.9. The van der Waals surface area contributed by atoms with Crippen LogP contribution in [0.5, 0.6) is 0 Å². The van der Waals surface area contributed by atoms with Gasteiger partial charge in [0.25, 0.3) is 0 Å². The zero-order valence-corrected chi connectivity index (χ0v) is 11.6. The summed E-state index contributed by atoms with van der Waals surface area (Å²) in [5.74, 6) is 0. The van der Waals surface area contributed by atoms with E-state index in [0.717, 1.165) is 10.3 Å². The number of aryl methyl sites for hydroxylation is 1. The van der Waals surface area contributed by atoms with Gasteiger partial charge in [0.05, 0.1) is 17.9 Å². The molecule has 2 aromatic rings. The summed E-state index contributed by atoms with van der Waals surface area (Å²) in [5.41, 5.74) is 1.04. The van der Waals surface area contributed by atoms with Crippen LogP contribution in [0.4, 0.5) is 5.69 Å². The third kappa shape index (κ3) is 2.83. The summed E-state index contributed by atoms with van der Waals surface area (Å²) in [5, 5.41) is 3.43. The number of anilines is 1. The van der Waals surface area contributed by atoms with Crippen molar-refractivity contribution in [3.63, 3.8) is 0 Å². The van der Waals surface area contributed by atoms with Gasteiger partial charge < -0.3 is 5.32 Å². The summed E-state index contributed by atoms with van der Waals surface area (Å²) in [7, 11) is 0. The van der Waals surface area contributed by atoms with Crippen molar-refractivity contribution in [3.8, 4) is 0 Å². The van der Waals surface area contributed by atoms with Crippen molar-refractivity contribution in [1.29, 1.82) is 0 Å². The second-order valence-electron chi connectivity index (χ2n) is 3.68. The van der Waals surface area contributed by atoms with Gasteiger partial charge in [-0.15, -0.1) is 11.3 Å². The quantitative estimate of drug-likeness (QED) is 0.850. The maximum Gasteiger partial charge on any atom is 0.106 e. The maximum absolute atomic E-state index is 4.19. The minimum absolute atomic E-state index is 0.321. The SMILES string of the molecule is Cc1ccc(C(C)Nc2ccc(Br)nc2)s1. The summed E-state index contributed by atoms with van der Waals surface area (Å²) in [6.07, 6.45) is 1.83. The minimum atomic E-state index is 0.321. The molecule has 2 aromatic heterocycles. The number of halogens is 1. The number of hydrogen-bond acceptors (Lipinski definition) is 3. The van der Waals surface area contributed by atoms with Crippen molar-refractivity contribution in [2.75, 3.05) is 5.32 Å². The molecule has 0 aromatic carbocycles. The molecule has 0 fully saturated rings. The molecule has 0 amide bonds. The third-order valence-corrected chi connectivity index (χ3v) is 3.95. The largest absolute Gasteiger partial charge is 0.376 e. The first kappa shape index (κ1) is 11.6. The monoisotopic (exact) mass is 296 g/mol. The van der Waals surface area contributed by atoms with E-state index in [4.69, 9.17) is 0 Å². The highest BCUT2D eigenvalue weighted by Gasteiger charge is 2.07. The van der Waals surface area contributed by atoms with Gasteiger partial charge in [-0.25, -0.2) is 4.98 Å². The molecule has 2 heterocycles. The fourth-order valence-electron chi connectivity index (χ4n) is 1.47. The van der Waals surface area contributed by atoms with Crippen LogP contribution in [0.25, 0.3) is 0 Å². The summed E-state index contributed by atoms with van der Waals surface area (Å²) in [6, 6.07) is 8.60. The van der Waals surface area contributed by atoms with E-state index in [1.165, 1.54) is 9.75 Å². The number of rotatable bonds is 3. The molecule has 1 atom stereocenters. The van der Waals surface area contributed by atoms with Crippen LogP contribution in [0.3, 0.4) is 0 Å². The van der Waals surface area contributed by atoms with Gasteiger partial charge >= 0.3 is 0 Å². The Morgan fingerprint density at radius 3 is 2.69 bits per heavy atom. The fourth-order valence-corrected chi connectivity index (χ4v) is 2.58. The Hall–Kier alpha value is -0.870. The minimum Gasteiger partial charge on any atom is -0.376 e. The van der Waals surface area contributed by atoms with Crippen LogP contribution < -0.4 is 5.32 Å². The zero-order chi connectivity index (χ0) is 11.5. The van der Waals surface area contributed by atoms with Crippen LogP contribution in [0, 0.1) is 6.92 Å². The molecule has 0 saturated carbocycles. The number of thiophene rings is 1. The molecule has 0 bridgehead atoms. The molecule has 0 aliphatic heterocycles. The molecule has 4 heteroatoms. The lowest BCUT2D eigenvalue weighted by Crippen LogP contribution is -2.04. The van der Waals surface area contributed by atoms with Crippen molar-refractivity contribution in [2.45, 2.75) is 19.9 Å². The lowest BCUT2D eigenvalue weighted by molar-refractivity contribution is 0.905. The second kappa shape index (κ2) is 4.97. The van der Waals surface area contributed by atoms with Gasteiger partial charge in [-0.1, -0.05) is 0 Å². The van der Waals surface area contributed by atoms with Gasteiger partial charge in [0.2, 0.25) is 0 Å². The average molecular weight is 297 g/mol. The van der Waals surface area contributed by atoms with E-state index >= 15 is 0 Å². The van der Waals surface area contributed by atoms with E-state index in [1.54, 1.807) is 0 Å². The van der Waals surface area contributed by atoms with Gasteiger partial charge in [-0.05, 0) is 54.0 Å².